The number of hydrogen-bond acceptors (Lipinski definition) is 5. The molecule has 1 amide bonds. The summed E-state index contributed by atoms with van der Waals surface area (Å²) in [6, 6.07) is 6.39. The monoisotopic (exact) mass is 297 g/mol. The van der Waals surface area contributed by atoms with Gasteiger partial charge in [0.15, 0.2) is 0 Å². The Labute approximate surface area is 119 Å². The van der Waals surface area contributed by atoms with Gasteiger partial charge >= 0.3 is 6.43 Å². The fraction of sp³-hybridized carbons (Fsp3) is 0.308. The van der Waals surface area contributed by atoms with Crippen molar-refractivity contribution in [3.8, 4) is 11.4 Å². The summed E-state index contributed by atoms with van der Waals surface area (Å²) < 4.78 is 34.0. The number of benzene rings is 1. The average Bonchev–Trinajstić information content (AvgIpc) is 2.97. The summed E-state index contributed by atoms with van der Waals surface area (Å²) in [4.78, 5) is 15.2. The molecular weight excluding hydrogens is 284 g/mol. The summed E-state index contributed by atoms with van der Waals surface area (Å²) in [6.45, 7) is 1.62. The van der Waals surface area contributed by atoms with Crippen LogP contribution in [0.4, 0.5) is 14.5 Å². The van der Waals surface area contributed by atoms with Crippen LogP contribution in [0.3, 0.4) is 0 Å². The van der Waals surface area contributed by atoms with Crippen LogP contribution >= 0.6 is 0 Å². The average molecular weight is 297 g/mol. The molecule has 112 valence electrons. The van der Waals surface area contributed by atoms with Crippen LogP contribution in [0, 0.1) is 0 Å². The summed E-state index contributed by atoms with van der Waals surface area (Å²) in [5.41, 5.74) is 1.05. The fourth-order valence-corrected chi connectivity index (χ4v) is 1.49. The smallest absolute Gasteiger partial charge is 0.315 e. The second kappa shape index (κ2) is 6.40. The Balaban J connectivity index is 2.09. The first-order valence-corrected chi connectivity index (χ1v) is 6.07. The normalized spacial score (nSPS) is 12.4. The van der Waals surface area contributed by atoms with Crippen LogP contribution in [0.1, 0.15) is 19.2 Å². The number of halogens is 2. The summed E-state index contributed by atoms with van der Waals surface area (Å²) in [7, 11) is 1.43. The first-order valence-electron chi connectivity index (χ1n) is 6.07. The van der Waals surface area contributed by atoms with Gasteiger partial charge < -0.3 is 14.6 Å². The van der Waals surface area contributed by atoms with Gasteiger partial charge in [0.05, 0.1) is 0 Å². The zero-order chi connectivity index (χ0) is 15.4. The van der Waals surface area contributed by atoms with Crippen LogP contribution in [-0.2, 0) is 9.53 Å². The number of nitrogens with one attached hydrogen (secondary N) is 1. The molecule has 1 unspecified atom stereocenters. The molecule has 1 atom stereocenters. The van der Waals surface area contributed by atoms with Crippen LogP contribution < -0.4 is 5.32 Å². The quantitative estimate of drug-likeness (QED) is 0.918. The van der Waals surface area contributed by atoms with E-state index in [-0.39, 0.29) is 11.7 Å². The number of carbonyl (C=O) groups excluding carboxylic acids is 1. The van der Waals surface area contributed by atoms with Gasteiger partial charge in [-0.05, 0) is 31.2 Å². The Morgan fingerprint density at radius 3 is 2.52 bits per heavy atom. The topological polar surface area (TPSA) is 77.2 Å². The highest BCUT2D eigenvalue weighted by molar-refractivity contribution is 5.94. The maximum atomic E-state index is 12.4. The molecule has 1 aromatic heterocycles. The van der Waals surface area contributed by atoms with E-state index in [0.29, 0.717) is 11.3 Å². The molecule has 0 spiro atoms. The molecular formula is C13H13F2N3O3. The third kappa shape index (κ3) is 3.60. The lowest BCUT2D eigenvalue weighted by Crippen LogP contribution is -2.26. The Hall–Kier alpha value is -2.35. The second-order valence-electron chi connectivity index (χ2n) is 4.20. The van der Waals surface area contributed by atoms with Crippen LogP contribution in [0.2, 0.25) is 0 Å². The molecule has 0 bridgehead atoms. The largest absolute Gasteiger partial charge is 0.372 e. The number of alkyl halides is 2. The van der Waals surface area contributed by atoms with Gasteiger partial charge in [-0.25, -0.2) is 0 Å². The van der Waals surface area contributed by atoms with E-state index in [2.05, 4.69) is 20.0 Å². The zero-order valence-corrected chi connectivity index (χ0v) is 11.3. The molecule has 21 heavy (non-hydrogen) atoms. The highest BCUT2D eigenvalue weighted by Gasteiger charge is 2.17. The minimum absolute atomic E-state index is 0.0634. The Morgan fingerprint density at radius 1 is 1.33 bits per heavy atom. The third-order valence-corrected chi connectivity index (χ3v) is 2.76. The van der Waals surface area contributed by atoms with Crippen molar-refractivity contribution in [1.29, 1.82) is 0 Å². The molecule has 6 nitrogen and oxygen atoms in total. The third-order valence-electron chi connectivity index (χ3n) is 2.76. The van der Waals surface area contributed by atoms with E-state index >= 15 is 0 Å². The van der Waals surface area contributed by atoms with Crippen molar-refractivity contribution in [2.75, 3.05) is 12.4 Å². The Kier molecular flexibility index (Phi) is 4.59. The summed E-state index contributed by atoms with van der Waals surface area (Å²) in [5, 5.41) is 6.11. The summed E-state index contributed by atoms with van der Waals surface area (Å²) >= 11 is 0. The number of nitrogens with zero attached hydrogens (tertiary/aromatic N) is 2. The SMILES string of the molecule is COC(C)C(=O)Nc1ccc(-c2noc(C(F)F)n2)cc1. The summed E-state index contributed by atoms with van der Waals surface area (Å²) in [6.07, 6.45) is -3.38. The van der Waals surface area contributed by atoms with E-state index in [4.69, 9.17) is 4.74 Å². The lowest BCUT2D eigenvalue weighted by atomic mass is 10.2. The second-order valence-corrected chi connectivity index (χ2v) is 4.20. The van der Waals surface area contributed by atoms with Gasteiger partial charge in [0.2, 0.25) is 5.82 Å². The van der Waals surface area contributed by atoms with Crippen molar-refractivity contribution in [3.63, 3.8) is 0 Å². The van der Waals surface area contributed by atoms with Crippen LogP contribution in [0.25, 0.3) is 11.4 Å². The number of ether oxygens (including phenoxy) is 1. The van der Waals surface area contributed by atoms with Gasteiger partial charge in [-0.1, -0.05) is 5.16 Å². The number of amides is 1. The van der Waals surface area contributed by atoms with Crippen molar-refractivity contribution in [3.05, 3.63) is 30.2 Å². The summed E-state index contributed by atoms with van der Waals surface area (Å²) in [5.74, 6) is -0.950. The number of methoxy groups -OCH3 is 1. The molecule has 0 aliphatic carbocycles. The van der Waals surface area contributed by atoms with Crippen LogP contribution in [0.5, 0.6) is 0 Å². The lowest BCUT2D eigenvalue weighted by Gasteiger charge is -2.10. The molecule has 1 heterocycles. The number of hydrogen-bond donors (Lipinski definition) is 1. The molecule has 0 radical (unpaired) electrons. The van der Waals surface area contributed by atoms with Gasteiger partial charge in [0.1, 0.15) is 6.10 Å². The van der Waals surface area contributed by atoms with Crippen molar-refractivity contribution in [2.45, 2.75) is 19.5 Å². The number of anilines is 1. The van der Waals surface area contributed by atoms with Gasteiger partial charge in [-0.15, -0.1) is 0 Å². The molecule has 0 saturated carbocycles. The molecule has 1 N–H and O–H groups in total. The molecule has 0 saturated heterocycles. The first kappa shape index (κ1) is 15.0. The number of carbonyl (C=O) groups is 1. The maximum absolute atomic E-state index is 12.4. The Morgan fingerprint density at radius 2 is 2.00 bits per heavy atom. The fourth-order valence-electron chi connectivity index (χ4n) is 1.49. The molecule has 0 fully saturated rings. The van der Waals surface area contributed by atoms with Gasteiger partial charge in [0, 0.05) is 18.4 Å². The van der Waals surface area contributed by atoms with E-state index in [9.17, 15) is 13.6 Å². The zero-order valence-electron chi connectivity index (χ0n) is 11.3. The first-order chi connectivity index (χ1) is 10.0. The maximum Gasteiger partial charge on any atom is 0.315 e. The van der Waals surface area contributed by atoms with E-state index in [1.807, 2.05) is 0 Å². The highest BCUT2D eigenvalue weighted by atomic mass is 19.3. The van der Waals surface area contributed by atoms with E-state index in [0.717, 1.165) is 0 Å². The van der Waals surface area contributed by atoms with Crippen molar-refractivity contribution in [1.82, 2.24) is 10.1 Å². The highest BCUT2D eigenvalue weighted by Crippen LogP contribution is 2.22. The van der Waals surface area contributed by atoms with Crippen molar-refractivity contribution in [2.24, 2.45) is 0 Å². The molecule has 2 rings (SSSR count). The van der Waals surface area contributed by atoms with Crippen molar-refractivity contribution >= 4 is 11.6 Å². The van der Waals surface area contributed by atoms with E-state index in [1.54, 1.807) is 31.2 Å². The minimum Gasteiger partial charge on any atom is -0.372 e. The van der Waals surface area contributed by atoms with E-state index in [1.165, 1.54) is 7.11 Å². The van der Waals surface area contributed by atoms with Gasteiger partial charge in [-0.2, -0.15) is 13.8 Å². The van der Waals surface area contributed by atoms with Gasteiger partial charge in [-0.3, -0.25) is 4.79 Å². The number of rotatable bonds is 5. The van der Waals surface area contributed by atoms with Gasteiger partial charge in [0.25, 0.3) is 11.8 Å². The molecule has 0 aliphatic heterocycles. The molecule has 1 aromatic carbocycles. The molecule has 0 aliphatic rings. The van der Waals surface area contributed by atoms with Crippen LogP contribution in [-0.4, -0.2) is 29.3 Å². The standard InChI is InChI=1S/C13H13F2N3O3/c1-7(20-2)12(19)16-9-5-3-8(4-6-9)11-17-13(10(14)15)21-18-11/h3-7,10H,1-2H3,(H,16,19). The van der Waals surface area contributed by atoms with Crippen molar-refractivity contribution < 1.29 is 22.8 Å². The lowest BCUT2D eigenvalue weighted by molar-refractivity contribution is -0.124. The Bertz CT molecular complexity index is 613. The van der Waals surface area contributed by atoms with E-state index < -0.39 is 18.4 Å². The predicted octanol–water partition coefficient (Wildman–Crippen LogP) is 2.65. The minimum atomic E-state index is -2.81. The number of aromatic nitrogens is 2. The molecule has 2 aromatic rings. The van der Waals surface area contributed by atoms with Crippen LogP contribution in [0.15, 0.2) is 28.8 Å². The molecule has 8 heteroatoms. The predicted molar refractivity (Wildman–Crippen MR) is 69.8 cm³/mol.